The second kappa shape index (κ2) is 8.13. The fourth-order valence-corrected chi connectivity index (χ4v) is 3.98. The van der Waals surface area contributed by atoms with Crippen LogP contribution in [0.4, 0.5) is 0 Å². The molecule has 0 atom stereocenters. The molecule has 10 heteroatoms. The van der Waals surface area contributed by atoms with Crippen molar-refractivity contribution >= 4 is 21.8 Å². The van der Waals surface area contributed by atoms with Crippen molar-refractivity contribution in [2.75, 3.05) is 0 Å². The summed E-state index contributed by atoms with van der Waals surface area (Å²) in [5.41, 5.74) is 3.84. The van der Waals surface area contributed by atoms with Crippen LogP contribution in [0.2, 0.25) is 0 Å². The second-order valence-corrected chi connectivity index (χ2v) is 7.87. The van der Waals surface area contributed by atoms with Gasteiger partial charge in [-0.15, -0.1) is 20.4 Å². The number of aromatic nitrogens is 8. The van der Waals surface area contributed by atoms with Crippen molar-refractivity contribution in [2.24, 2.45) is 0 Å². The van der Waals surface area contributed by atoms with Crippen molar-refractivity contribution in [3.63, 3.8) is 0 Å². The maximum Gasteiger partial charge on any atom is 0.268 e. The molecular weight excluding hydrogens is 456 g/mol. The Kier molecular flexibility index (Phi) is 4.53. The van der Waals surface area contributed by atoms with Gasteiger partial charge in [0.1, 0.15) is 11.0 Å². The van der Waals surface area contributed by atoms with Gasteiger partial charge in [0.05, 0.1) is 0 Å². The number of fused-ring (bicyclic) bond motifs is 2. The maximum absolute atomic E-state index is 5.97. The van der Waals surface area contributed by atoms with Gasteiger partial charge in [-0.3, -0.25) is 9.97 Å². The third kappa shape index (κ3) is 3.36. The van der Waals surface area contributed by atoms with E-state index in [0.29, 0.717) is 45.3 Å². The van der Waals surface area contributed by atoms with E-state index in [-0.39, 0.29) is 11.8 Å². The topological polar surface area (TPSA) is 129 Å². The van der Waals surface area contributed by atoms with Crippen molar-refractivity contribution in [3.8, 4) is 46.1 Å². The molecule has 36 heavy (non-hydrogen) atoms. The van der Waals surface area contributed by atoms with Crippen molar-refractivity contribution in [3.05, 3.63) is 85.5 Å². The normalized spacial score (nSPS) is 11.3. The summed E-state index contributed by atoms with van der Waals surface area (Å²) in [5.74, 6) is 1.24. The fourth-order valence-electron chi connectivity index (χ4n) is 3.98. The minimum atomic E-state index is 0.286. The van der Waals surface area contributed by atoms with E-state index in [4.69, 9.17) is 8.83 Å². The van der Waals surface area contributed by atoms with Crippen LogP contribution in [-0.2, 0) is 0 Å². The summed E-state index contributed by atoms with van der Waals surface area (Å²) < 4.78 is 11.9. The van der Waals surface area contributed by atoms with Crippen LogP contribution in [-0.4, -0.2) is 40.3 Å². The molecule has 0 unspecified atom stereocenters. The van der Waals surface area contributed by atoms with Gasteiger partial charge < -0.3 is 8.83 Å². The predicted molar refractivity (Wildman–Crippen MR) is 130 cm³/mol. The van der Waals surface area contributed by atoms with E-state index in [1.54, 1.807) is 24.8 Å². The zero-order valence-electron chi connectivity index (χ0n) is 18.5. The average molecular weight is 470 g/mol. The van der Waals surface area contributed by atoms with Crippen LogP contribution < -0.4 is 0 Å². The Morgan fingerprint density at radius 3 is 1.47 bits per heavy atom. The van der Waals surface area contributed by atoms with Crippen LogP contribution in [0.5, 0.6) is 0 Å². The molecule has 0 aliphatic carbocycles. The Hall–Kier alpha value is -5.38. The third-order valence-corrected chi connectivity index (χ3v) is 5.65. The zero-order chi connectivity index (χ0) is 23.9. The molecule has 6 heterocycles. The first-order chi connectivity index (χ1) is 17.8. The highest BCUT2D eigenvalue weighted by Crippen LogP contribution is 2.31. The SMILES string of the molecule is c1cc(-c2nnc(-c3nccc4cccnc34)o2)cc(-c2nnc(-c3nccc4cccnc34)o2)c1. The number of rotatable bonds is 4. The molecule has 6 aromatic heterocycles. The Balaban J connectivity index is 1.24. The molecule has 0 spiro atoms. The van der Waals surface area contributed by atoms with Crippen molar-refractivity contribution in [1.29, 1.82) is 0 Å². The standard InChI is InChI=1S/C26H14N8O2/c1-4-17(23-31-33-25(35-23)21-19-15(8-12-29-21)6-2-10-27-19)14-18(5-1)24-32-34-26(36-24)22-20-16(9-13-30-22)7-3-11-28-20/h1-14H. The Labute approximate surface area is 202 Å². The summed E-state index contributed by atoms with van der Waals surface area (Å²) in [5, 5.41) is 18.7. The van der Waals surface area contributed by atoms with Gasteiger partial charge in [0.15, 0.2) is 11.4 Å². The number of benzene rings is 1. The summed E-state index contributed by atoms with van der Waals surface area (Å²) in [4.78, 5) is 17.6. The highest BCUT2D eigenvalue weighted by atomic mass is 16.4. The van der Waals surface area contributed by atoms with Crippen LogP contribution in [0.1, 0.15) is 0 Å². The van der Waals surface area contributed by atoms with E-state index >= 15 is 0 Å². The van der Waals surface area contributed by atoms with Gasteiger partial charge in [0.25, 0.3) is 11.8 Å². The molecule has 170 valence electrons. The summed E-state index contributed by atoms with van der Waals surface area (Å²) in [6, 6.07) is 18.8. The first-order valence-electron chi connectivity index (χ1n) is 11.0. The molecule has 0 aliphatic heterocycles. The molecule has 0 N–H and O–H groups in total. The van der Waals surface area contributed by atoms with E-state index in [1.165, 1.54) is 0 Å². The summed E-state index contributed by atoms with van der Waals surface area (Å²) in [6.45, 7) is 0. The number of nitrogens with zero attached hydrogens (tertiary/aromatic N) is 8. The molecule has 0 saturated carbocycles. The lowest BCUT2D eigenvalue weighted by molar-refractivity contribution is 0.580. The monoisotopic (exact) mass is 470 g/mol. The van der Waals surface area contributed by atoms with Crippen LogP contribution in [0.3, 0.4) is 0 Å². The molecule has 1 aromatic carbocycles. The van der Waals surface area contributed by atoms with Gasteiger partial charge in [-0.1, -0.05) is 18.2 Å². The Morgan fingerprint density at radius 2 is 0.944 bits per heavy atom. The van der Waals surface area contributed by atoms with Crippen molar-refractivity contribution < 1.29 is 8.83 Å². The molecule has 7 rings (SSSR count). The van der Waals surface area contributed by atoms with Crippen LogP contribution >= 0.6 is 0 Å². The summed E-state index contributed by atoms with van der Waals surface area (Å²) in [7, 11) is 0. The first kappa shape index (κ1) is 20.0. The lowest BCUT2D eigenvalue weighted by Crippen LogP contribution is -1.88. The van der Waals surface area contributed by atoms with Gasteiger partial charge in [0.2, 0.25) is 11.8 Å². The number of hydrogen-bond acceptors (Lipinski definition) is 10. The molecule has 0 radical (unpaired) electrons. The molecule has 0 fully saturated rings. The molecule has 0 bridgehead atoms. The lowest BCUT2D eigenvalue weighted by atomic mass is 10.1. The van der Waals surface area contributed by atoms with Gasteiger partial charge >= 0.3 is 0 Å². The van der Waals surface area contributed by atoms with Gasteiger partial charge in [0, 0.05) is 46.7 Å². The minimum Gasteiger partial charge on any atom is -0.415 e. The quantitative estimate of drug-likeness (QED) is 0.346. The maximum atomic E-state index is 5.97. The molecule has 0 aliphatic rings. The highest BCUT2D eigenvalue weighted by molar-refractivity contribution is 5.89. The van der Waals surface area contributed by atoms with Crippen LogP contribution in [0, 0.1) is 0 Å². The largest absolute Gasteiger partial charge is 0.415 e. The lowest BCUT2D eigenvalue weighted by Gasteiger charge is -2.01. The minimum absolute atomic E-state index is 0.286. The second-order valence-electron chi connectivity index (χ2n) is 7.87. The van der Waals surface area contributed by atoms with Gasteiger partial charge in [-0.05, 0) is 42.5 Å². The zero-order valence-corrected chi connectivity index (χ0v) is 18.5. The molecule has 0 saturated heterocycles. The number of hydrogen-bond donors (Lipinski definition) is 0. The van der Waals surface area contributed by atoms with E-state index < -0.39 is 0 Å². The van der Waals surface area contributed by atoms with Gasteiger partial charge in [-0.2, -0.15) is 0 Å². The first-order valence-corrected chi connectivity index (χ1v) is 11.0. The van der Waals surface area contributed by atoms with Crippen molar-refractivity contribution in [1.82, 2.24) is 40.3 Å². The molecule has 7 aromatic rings. The van der Waals surface area contributed by atoms with Crippen LogP contribution in [0.25, 0.3) is 67.9 Å². The average Bonchev–Trinajstić information content (AvgIpc) is 3.63. The van der Waals surface area contributed by atoms with Crippen LogP contribution in [0.15, 0.2) is 94.3 Å². The van der Waals surface area contributed by atoms with E-state index in [0.717, 1.165) is 10.8 Å². The predicted octanol–water partition coefficient (Wildman–Crippen LogP) is 5.01. The van der Waals surface area contributed by atoms with E-state index in [9.17, 15) is 0 Å². The smallest absolute Gasteiger partial charge is 0.268 e. The molecule has 10 nitrogen and oxygen atoms in total. The Morgan fingerprint density at radius 1 is 0.444 bits per heavy atom. The van der Waals surface area contributed by atoms with E-state index in [1.807, 2.05) is 60.7 Å². The summed E-state index contributed by atoms with van der Waals surface area (Å²) in [6.07, 6.45) is 6.79. The number of pyridine rings is 4. The Bertz CT molecular complexity index is 1730. The third-order valence-electron chi connectivity index (χ3n) is 5.65. The van der Waals surface area contributed by atoms with E-state index in [2.05, 4.69) is 40.3 Å². The summed E-state index contributed by atoms with van der Waals surface area (Å²) >= 11 is 0. The van der Waals surface area contributed by atoms with Gasteiger partial charge in [-0.25, -0.2) is 9.97 Å². The fraction of sp³-hybridized carbons (Fsp3) is 0. The highest BCUT2D eigenvalue weighted by Gasteiger charge is 2.18. The van der Waals surface area contributed by atoms with Crippen molar-refractivity contribution in [2.45, 2.75) is 0 Å². The molecule has 0 amide bonds. The molecular formula is C26H14N8O2.